The first kappa shape index (κ1) is 8.10. The fourth-order valence-corrected chi connectivity index (χ4v) is 0.355. The molecule has 0 aromatic rings. The lowest BCUT2D eigenvalue weighted by atomic mass is 10.4. The molecule has 0 unspecified atom stereocenters. The topological polar surface area (TPSA) is 72.2 Å². The molecular formula is C5H10N2O2. The van der Waals surface area contributed by atoms with Crippen LogP contribution in [-0.2, 0) is 9.59 Å². The first-order chi connectivity index (χ1) is 4.31. The molecule has 1 amide bonds. The third kappa shape index (κ3) is 4.96. The number of aldehydes is 1. The first-order valence-corrected chi connectivity index (χ1v) is 2.74. The highest BCUT2D eigenvalue weighted by atomic mass is 16.2. The third-order valence-corrected chi connectivity index (χ3v) is 0.787. The van der Waals surface area contributed by atoms with Gasteiger partial charge in [-0.05, 0) is 13.0 Å². The fraction of sp³-hybridized carbons (Fsp3) is 0.600. The minimum Gasteiger partial charge on any atom is -0.350 e. The lowest BCUT2D eigenvalue weighted by Gasteiger charge is -1.95. The van der Waals surface area contributed by atoms with E-state index in [1.54, 1.807) is 0 Å². The van der Waals surface area contributed by atoms with E-state index >= 15 is 0 Å². The zero-order valence-electron chi connectivity index (χ0n) is 5.09. The average Bonchev–Trinajstić information content (AvgIpc) is 1.89. The van der Waals surface area contributed by atoms with Crippen LogP contribution < -0.4 is 11.1 Å². The van der Waals surface area contributed by atoms with Crippen molar-refractivity contribution in [2.45, 2.75) is 6.42 Å². The van der Waals surface area contributed by atoms with Crippen molar-refractivity contribution in [2.24, 2.45) is 5.73 Å². The quantitative estimate of drug-likeness (QED) is 0.281. The second-order valence-corrected chi connectivity index (χ2v) is 1.55. The van der Waals surface area contributed by atoms with Gasteiger partial charge in [0.2, 0.25) is 6.29 Å². The van der Waals surface area contributed by atoms with Crippen LogP contribution in [0.5, 0.6) is 0 Å². The highest BCUT2D eigenvalue weighted by Crippen LogP contribution is 1.67. The highest BCUT2D eigenvalue weighted by Gasteiger charge is 1.92. The predicted octanol–water partition coefficient (Wildman–Crippen LogP) is -1.35. The van der Waals surface area contributed by atoms with Crippen molar-refractivity contribution in [3.63, 3.8) is 0 Å². The van der Waals surface area contributed by atoms with Gasteiger partial charge >= 0.3 is 0 Å². The summed E-state index contributed by atoms with van der Waals surface area (Å²) in [5.41, 5.74) is 5.12. The van der Waals surface area contributed by atoms with E-state index in [4.69, 9.17) is 5.73 Å². The van der Waals surface area contributed by atoms with Crippen LogP contribution in [-0.4, -0.2) is 25.3 Å². The zero-order valence-corrected chi connectivity index (χ0v) is 5.09. The molecule has 0 saturated carbocycles. The van der Waals surface area contributed by atoms with Crippen LogP contribution in [0.3, 0.4) is 0 Å². The van der Waals surface area contributed by atoms with Crippen molar-refractivity contribution >= 4 is 12.2 Å². The summed E-state index contributed by atoms with van der Waals surface area (Å²) in [7, 11) is 0. The Labute approximate surface area is 53.4 Å². The van der Waals surface area contributed by atoms with Gasteiger partial charge in [-0.25, -0.2) is 0 Å². The molecule has 0 heterocycles. The smallest absolute Gasteiger partial charge is 0.284 e. The van der Waals surface area contributed by atoms with E-state index in [0.29, 0.717) is 19.5 Å². The van der Waals surface area contributed by atoms with E-state index < -0.39 is 5.91 Å². The van der Waals surface area contributed by atoms with Gasteiger partial charge in [-0.15, -0.1) is 0 Å². The molecule has 0 bridgehead atoms. The van der Waals surface area contributed by atoms with Crippen LogP contribution in [0.1, 0.15) is 6.42 Å². The van der Waals surface area contributed by atoms with E-state index in [1.165, 1.54) is 0 Å². The molecule has 9 heavy (non-hydrogen) atoms. The van der Waals surface area contributed by atoms with Gasteiger partial charge in [0, 0.05) is 6.54 Å². The molecule has 0 aliphatic carbocycles. The van der Waals surface area contributed by atoms with Crippen LogP contribution >= 0.6 is 0 Å². The van der Waals surface area contributed by atoms with Gasteiger partial charge in [-0.3, -0.25) is 9.59 Å². The highest BCUT2D eigenvalue weighted by molar-refractivity contribution is 6.23. The number of carbonyl (C=O) groups excluding carboxylic acids is 2. The van der Waals surface area contributed by atoms with Gasteiger partial charge in [0.25, 0.3) is 5.91 Å². The summed E-state index contributed by atoms with van der Waals surface area (Å²) in [4.78, 5) is 19.8. The van der Waals surface area contributed by atoms with E-state index in [0.717, 1.165) is 0 Å². The Morgan fingerprint density at radius 3 is 2.78 bits per heavy atom. The molecule has 0 atom stereocenters. The molecule has 0 aliphatic heterocycles. The number of carbonyl (C=O) groups is 2. The van der Waals surface area contributed by atoms with Crippen molar-refractivity contribution in [3.05, 3.63) is 0 Å². The van der Waals surface area contributed by atoms with Crippen molar-refractivity contribution in [2.75, 3.05) is 13.1 Å². The maximum atomic E-state index is 10.2. The van der Waals surface area contributed by atoms with Gasteiger partial charge < -0.3 is 11.1 Å². The van der Waals surface area contributed by atoms with Gasteiger partial charge in [0.05, 0.1) is 0 Å². The van der Waals surface area contributed by atoms with Gasteiger partial charge in [0.15, 0.2) is 0 Å². The summed E-state index contributed by atoms with van der Waals surface area (Å²) >= 11 is 0. The summed E-state index contributed by atoms with van der Waals surface area (Å²) in [5.74, 6) is -0.580. The molecule has 0 fully saturated rings. The normalized spacial score (nSPS) is 8.56. The molecule has 0 spiro atoms. The second-order valence-electron chi connectivity index (χ2n) is 1.55. The van der Waals surface area contributed by atoms with Gasteiger partial charge in [-0.2, -0.15) is 0 Å². The average molecular weight is 130 g/mol. The Morgan fingerprint density at radius 1 is 1.67 bits per heavy atom. The van der Waals surface area contributed by atoms with Crippen LogP contribution in [0.2, 0.25) is 0 Å². The third-order valence-electron chi connectivity index (χ3n) is 0.787. The molecular weight excluding hydrogens is 120 g/mol. The van der Waals surface area contributed by atoms with E-state index in [-0.39, 0.29) is 6.29 Å². The molecule has 0 rings (SSSR count). The molecule has 0 saturated heterocycles. The van der Waals surface area contributed by atoms with Crippen molar-refractivity contribution in [3.8, 4) is 0 Å². The summed E-state index contributed by atoms with van der Waals surface area (Å²) in [6.07, 6.45) is 0.954. The largest absolute Gasteiger partial charge is 0.350 e. The maximum Gasteiger partial charge on any atom is 0.284 e. The zero-order chi connectivity index (χ0) is 7.11. The van der Waals surface area contributed by atoms with E-state index in [1.807, 2.05) is 0 Å². The Kier molecular flexibility index (Phi) is 4.72. The summed E-state index contributed by atoms with van der Waals surface area (Å²) in [5, 5.41) is 2.35. The van der Waals surface area contributed by atoms with Crippen molar-refractivity contribution in [1.82, 2.24) is 5.32 Å². The minimum absolute atomic E-state index is 0.247. The number of nitrogens with one attached hydrogen (secondary N) is 1. The summed E-state index contributed by atoms with van der Waals surface area (Å²) in [6.45, 7) is 1.01. The molecule has 3 N–H and O–H groups in total. The van der Waals surface area contributed by atoms with Gasteiger partial charge in [0.1, 0.15) is 0 Å². The van der Waals surface area contributed by atoms with E-state index in [2.05, 4.69) is 5.32 Å². The number of amides is 1. The van der Waals surface area contributed by atoms with Crippen LogP contribution in [0.15, 0.2) is 0 Å². The Hall–Kier alpha value is -0.900. The van der Waals surface area contributed by atoms with Gasteiger partial charge in [-0.1, -0.05) is 0 Å². The van der Waals surface area contributed by atoms with Crippen molar-refractivity contribution < 1.29 is 9.59 Å². The second kappa shape index (κ2) is 5.24. The molecule has 0 radical (unpaired) electrons. The molecule has 4 heteroatoms. The first-order valence-electron chi connectivity index (χ1n) is 2.74. The van der Waals surface area contributed by atoms with Crippen LogP contribution in [0, 0.1) is 0 Å². The lowest BCUT2D eigenvalue weighted by Crippen LogP contribution is -2.26. The standard InChI is InChI=1S/C5H10N2O2/c6-2-1-3-7-5(9)4-8/h4H,1-3,6H2,(H,7,9). The number of rotatable bonds is 4. The number of hydrogen-bond donors (Lipinski definition) is 2. The summed E-state index contributed by atoms with van der Waals surface area (Å²) < 4.78 is 0. The Morgan fingerprint density at radius 2 is 2.33 bits per heavy atom. The lowest BCUT2D eigenvalue weighted by molar-refractivity contribution is -0.131. The molecule has 0 aromatic heterocycles. The van der Waals surface area contributed by atoms with Crippen LogP contribution in [0.25, 0.3) is 0 Å². The maximum absolute atomic E-state index is 10.2. The Bertz CT molecular complexity index is 103. The number of nitrogens with two attached hydrogens (primary N) is 1. The monoisotopic (exact) mass is 130 g/mol. The molecule has 0 aromatic carbocycles. The molecule has 4 nitrogen and oxygen atoms in total. The van der Waals surface area contributed by atoms with Crippen molar-refractivity contribution in [1.29, 1.82) is 0 Å². The number of hydrogen-bond acceptors (Lipinski definition) is 3. The van der Waals surface area contributed by atoms with E-state index in [9.17, 15) is 9.59 Å². The van der Waals surface area contributed by atoms with Crippen LogP contribution in [0.4, 0.5) is 0 Å². The Balaban J connectivity index is 3.07. The molecule has 0 aliphatic rings. The fourth-order valence-electron chi connectivity index (χ4n) is 0.355. The predicted molar refractivity (Wildman–Crippen MR) is 32.7 cm³/mol. The summed E-state index contributed by atoms with van der Waals surface area (Å²) in [6, 6.07) is 0. The molecule has 52 valence electrons. The SMILES string of the molecule is NCCCNC(=O)C=O. The minimum atomic E-state index is -0.580.